The molecule has 196 valence electrons. The first kappa shape index (κ1) is 24.9. The van der Waals surface area contributed by atoms with Crippen molar-refractivity contribution in [3.05, 3.63) is 98.7 Å². The van der Waals surface area contributed by atoms with Gasteiger partial charge in [-0.1, -0.05) is 36.4 Å². The molecule has 1 aliphatic rings. The minimum absolute atomic E-state index is 0.00156. The van der Waals surface area contributed by atoms with Crippen LogP contribution in [-0.4, -0.2) is 52.5 Å². The lowest BCUT2D eigenvalue weighted by molar-refractivity contribution is 0.0850. The van der Waals surface area contributed by atoms with Gasteiger partial charge < -0.3 is 24.2 Å². The number of hydrogen-bond acceptors (Lipinski definition) is 6. The average Bonchev–Trinajstić information content (AvgIpc) is 2.91. The van der Waals surface area contributed by atoms with Crippen molar-refractivity contribution < 1.29 is 24.1 Å². The van der Waals surface area contributed by atoms with Crippen LogP contribution in [0.3, 0.4) is 0 Å². The summed E-state index contributed by atoms with van der Waals surface area (Å²) in [6, 6.07) is 19.5. The summed E-state index contributed by atoms with van der Waals surface area (Å²) in [5.41, 5.74) is 1.11. The summed E-state index contributed by atoms with van der Waals surface area (Å²) in [6.07, 6.45) is -1.05. The van der Waals surface area contributed by atoms with Crippen molar-refractivity contribution in [3.63, 3.8) is 0 Å². The Morgan fingerprint density at radius 3 is 2.34 bits per heavy atom. The predicted molar refractivity (Wildman–Crippen MR) is 141 cm³/mol. The number of nitrogens with zero attached hydrogens (tertiary/aromatic N) is 3. The van der Waals surface area contributed by atoms with Crippen molar-refractivity contribution in [1.29, 1.82) is 0 Å². The van der Waals surface area contributed by atoms with Gasteiger partial charge in [-0.25, -0.2) is 9.59 Å². The van der Waals surface area contributed by atoms with Crippen LogP contribution in [0.4, 0.5) is 4.79 Å². The summed E-state index contributed by atoms with van der Waals surface area (Å²) in [4.78, 5) is 39.9. The molecule has 0 spiro atoms. The van der Waals surface area contributed by atoms with Crippen molar-refractivity contribution in [1.82, 2.24) is 14.0 Å². The van der Waals surface area contributed by atoms with E-state index in [1.165, 1.54) is 23.7 Å². The van der Waals surface area contributed by atoms with E-state index in [9.17, 15) is 19.5 Å². The zero-order valence-electron chi connectivity index (χ0n) is 21.0. The van der Waals surface area contributed by atoms with Crippen molar-refractivity contribution in [3.8, 4) is 17.2 Å². The first-order valence-electron chi connectivity index (χ1n) is 12.0. The van der Waals surface area contributed by atoms with Gasteiger partial charge in [-0.3, -0.25) is 13.9 Å². The van der Waals surface area contributed by atoms with Crippen LogP contribution in [0.1, 0.15) is 17.2 Å². The molecule has 2 heterocycles. The monoisotopic (exact) mass is 517 g/mol. The normalized spacial score (nSPS) is 13.3. The highest BCUT2D eigenvalue weighted by molar-refractivity contribution is 5.80. The molecule has 10 nitrogen and oxygen atoms in total. The zero-order valence-corrected chi connectivity index (χ0v) is 21.0. The van der Waals surface area contributed by atoms with E-state index >= 15 is 0 Å². The van der Waals surface area contributed by atoms with Crippen LogP contribution in [0.5, 0.6) is 17.2 Å². The van der Waals surface area contributed by atoms with Crippen LogP contribution < -0.4 is 25.5 Å². The molecule has 0 saturated carbocycles. The van der Waals surface area contributed by atoms with Crippen molar-refractivity contribution in [2.24, 2.45) is 0 Å². The average molecular weight is 518 g/mol. The number of hydrogen-bond donors (Lipinski definition) is 1. The van der Waals surface area contributed by atoms with Gasteiger partial charge >= 0.3 is 11.8 Å². The Kier molecular flexibility index (Phi) is 6.78. The molecule has 5 rings (SSSR count). The second kappa shape index (κ2) is 10.3. The van der Waals surface area contributed by atoms with E-state index in [0.29, 0.717) is 40.3 Å². The summed E-state index contributed by atoms with van der Waals surface area (Å²) >= 11 is 0. The van der Waals surface area contributed by atoms with E-state index in [0.717, 1.165) is 10.1 Å². The maximum absolute atomic E-state index is 13.7. The first-order chi connectivity index (χ1) is 18.4. The van der Waals surface area contributed by atoms with Gasteiger partial charge in [0.05, 0.1) is 37.7 Å². The highest BCUT2D eigenvalue weighted by Gasteiger charge is 2.34. The number of aromatic nitrogens is 2. The SMILES string of the molecule is COc1ccc(Cn2c(=O)c3cc(OCc4ccccc4)ccc3n(C3CN(C(=O)O)C3)c2=O)cc1OC. The lowest BCUT2D eigenvalue weighted by Crippen LogP contribution is -2.54. The van der Waals surface area contributed by atoms with E-state index < -0.39 is 23.4 Å². The number of carboxylic acid groups (broad SMARTS) is 1. The number of carbonyl (C=O) groups is 1. The molecule has 1 aromatic heterocycles. The van der Waals surface area contributed by atoms with Crippen LogP contribution in [0.15, 0.2) is 76.3 Å². The van der Waals surface area contributed by atoms with Crippen LogP contribution in [-0.2, 0) is 13.2 Å². The standard InChI is InChI=1S/C28H27N3O7/c1-36-24-11-8-19(12-25(24)37-2)14-30-26(32)22-13-21(38-17-18-6-4-3-5-7-18)9-10-23(22)31(27(30)33)20-15-29(16-20)28(34)35/h3-13,20H,14-17H2,1-2H3,(H,34,35). The van der Waals surface area contributed by atoms with Crippen LogP contribution >= 0.6 is 0 Å². The van der Waals surface area contributed by atoms with E-state index in [2.05, 4.69) is 0 Å². The topological polar surface area (TPSA) is 112 Å². The summed E-state index contributed by atoms with van der Waals surface area (Å²) in [6.45, 7) is 0.636. The third-order valence-electron chi connectivity index (χ3n) is 6.68. The largest absolute Gasteiger partial charge is 0.493 e. The van der Waals surface area contributed by atoms with E-state index in [4.69, 9.17) is 14.2 Å². The fraction of sp³-hybridized carbons (Fsp3) is 0.250. The smallest absolute Gasteiger partial charge is 0.407 e. The molecule has 0 unspecified atom stereocenters. The summed E-state index contributed by atoms with van der Waals surface area (Å²) < 4.78 is 19.3. The minimum atomic E-state index is -1.05. The maximum atomic E-state index is 13.7. The van der Waals surface area contributed by atoms with Gasteiger partial charge in [0.1, 0.15) is 12.4 Å². The van der Waals surface area contributed by atoms with Gasteiger partial charge in [0.2, 0.25) is 0 Å². The molecule has 0 atom stereocenters. The van der Waals surface area contributed by atoms with E-state index in [1.54, 1.807) is 36.4 Å². The summed E-state index contributed by atoms with van der Waals surface area (Å²) in [7, 11) is 3.04. The molecule has 10 heteroatoms. The second-order valence-corrected chi connectivity index (χ2v) is 9.03. The molecule has 1 aliphatic heterocycles. The fourth-order valence-electron chi connectivity index (χ4n) is 4.62. The molecule has 0 radical (unpaired) electrons. The number of likely N-dealkylation sites (tertiary alicyclic amines) is 1. The molecular weight excluding hydrogens is 490 g/mol. The quantitative estimate of drug-likeness (QED) is 0.382. The van der Waals surface area contributed by atoms with Gasteiger partial charge in [0.25, 0.3) is 5.56 Å². The van der Waals surface area contributed by atoms with Gasteiger partial charge in [-0.2, -0.15) is 0 Å². The van der Waals surface area contributed by atoms with Crippen LogP contribution in [0, 0.1) is 0 Å². The third kappa shape index (κ3) is 4.68. The van der Waals surface area contributed by atoms with Gasteiger partial charge in [-0.05, 0) is 41.5 Å². The highest BCUT2D eigenvalue weighted by atomic mass is 16.5. The molecule has 1 amide bonds. The lowest BCUT2D eigenvalue weighted by atomic mass is 10.1. The molecule has 1 fully saturated rings. The maximum Gasteiger partial charge on any atom is 0.407 e. The van der Waals surface area contributed by atoms with Crippen LogP contribution in [0.2, 0.25) is 0 Å². The zero-order chi connectivity index (χ0) is 26.8. The predicted octanol–water partition coefficient (Wildman–Crippen LogP) is 3.34. The molecule has 38 heavy (non-hydrogen) atoms. The van der Waals surface area contributed by atoms with E-state index in [1.807, 2.05) is 30.3 Å². The number of methoxy groups -OCH3 is 2. The van der Waals surface area contributed by atoms with Crippen molar-refractivity contribution in [2.75, 3.05) is 27.3 Å². The Morgan fingerprint density at radius 2 is 1.66 bits per heavy atom. The Bertz CT molecular complexity index is 1610. The Balaban J connectivity index is 1.58. The number of rotatable bonds is 8. The van der Waals surface area contributed by atoms with Gasteiger partial charge in [-0.15, -0.1) is 0 Å². The molecule has 0 bridgehead atoms. The second-order valence-electron chi connectivity index (χ2n) is 9.03. The summed E-state index contributed by atoms with van der Waals surface area (Å²) in [5.74, 6) is 1.50. The number of amides is 1. The lowest BCUT2D eigenvalue weighted by Gasteiger charge is -2.38. The first-order valence-corrected chi connectivity index (χ1v) is 12.0. The summed E-state index contributed by atoms with van der Waals surface area (Å²) in [5, 5.41) is 9.61. The molecule has 0 aliphatic carbocycles. The molecule has 1 N–H and O–H groups in total. The molecular formula is C28H27N3O7. The molecule has 1 saturated heterocycles. The fourth-order valence-corrected chi connectivity index (χ4v) is 4.62. The number of benzene rings is 3. The Morgan fingerprint density at radius 1 is 0.921 bits per heavy atom. The Labute approximate surface area is 217 Å². The molecule has 4 aromatic rings. The van der Waals surface area contributed by atoms with Gasteiger partial charge in [0, 0.05) is 13.1 Å². The minimum Gasteiger partial charge on any atom is -0.493 e. The van der Waals surface area contributed by atoms with Crippen LogP contribution in [0.25, 0.3) is 10.9 Å². The van der Waals surface area contributed by atoms with E-state index in [-0.39, 0.29) is 19.6 Å². The number of ether oxygens (including phenoxy) is 3. The van der Waals surface area contributed by atoms with Crippen molar-refractivity contribution >= 4 is 17.0 Å². The van der Waals surface area contributed by atoms with Crippen molar-refractivity contribution in [2.45, 2.75) is 19.2 Å². The molecule has 3 aromatic carbocycles. The van der Waals surface area contributed by atoms with Gasteiger partial charge in [0.15, 0.2) is 11.5 Å². The Hall–Kier alpha value is -4.73. The third-order valence-corrected chi connectivity index (χ3v) is 6.68. The highest BCUT2D eigenvalue weighted by Crippen LogP contribution is 2.28. The number of fused-ring (bicyclic) bond motifs is 1.